The fraction of sp³-hybridized carbons (Fsp3) is 0.534. The van der Waals surface area contributed by atoms with Crippen molar-refractivity contribution in [1.82, 2.24) is 46.8 Å². The molecule has 0 unspecified atom stereocenters. The molecule has 0 fully saturated rings. The Hall–Kier alpha value is -6.77. The normalized spacial score (nSPS) is 22.7. The minimum absolute atomic E-state index is 0.140. The first-order valence-electron chi connectivity index (χ1n) is 27.3. The zero-order valence-electron chi connectivity index (χ0n) is 49.6. The van der Waals surface area contributed by atoms with Gasteiger partial charge < -0.3 is 71.0 Å². The molecule has 9 atom stereocenters. The monoisotopic (exact) mass is 1240 g/mol. The highest BCUT2D eigenvalue weighted by molar-refractivity contribution is 9.10. The van der Waals surface area contributed by atoms with Crippen molar-refractivity contribution >= 4 is 77.8 Å². The number of nitrogens with one attached hydrogen (secondary N) is 7. The van der Waals surface area contributed by atoms with Crippen molar-refractivity contribution in [2.45, 2.75) is 186 Å². The molecule has 1 aliphatic rings. The van der Waals surface area contributed by atoms with Gasteiger partial charge in [-0.2, -0.15) is 0 Å². The van der Waals surface area contributed by atoms with Crippen LogP contribution in [0.1, 0.15) is 99.4 Å². The van der Waals surface area contributed by atoms with Crippen molar-refractivity contribution in [3.8, 4) is 0 Å². The number of hydrogen-bond donors (Lipinski definition) is 10. The number of aliphatic hydroxyl groups is 3. The van der Waals surface area contributed by atoms with E-state index in [-0.39, 0.29) is 25.1 Å². The summed E-state index contributed by atoms with van der Waals surface area (Å²) >= 11 is 3.46. The van der Waals surface area contributed by atoms with Crippen LogP contribution in [0, 0.1) is 0 Å². The summed E-state index contributed by atoms with van der Waals surface area (Å²) in [5, 5.41) is 49.9. The standard InChI is InChI=1S/C58H84BrN9O14Si/c1-34(19-20-36-21-23-38(59)24-22-36)25-46(82-83(12,13)58(9,10)11)40-28-47(72)61-44(31-69)51(75)64-43(54(78)80-56(3,4)5)30-68-29-39(60-33-68)27-42(66-55(79)81-57(6,7)8)50(74)67-48(35(2)71)53(77)65-45(32-70)52(76)63-41(49(73)62-40)26-37-17-15-14-16-18-37/h14-25,29,33,35,40-46,48,69-71H,26-28,30-32H2,1-13H3,(H,61,72)(H,62,73)(H,63,76)(H,64,75)(H,65,77)(H,66,79)(H,67,74)/b20-19+,34-25+/t35-,40-,41-,42-,43+,44-,45-,46-,48-/m0/s1. The molecule has 0 radical (unpaired) electrons. The second kappa shape index (κ2) is 30.2. The molecular formula is C58H84BrN9O14Si. The maximum atomic E-state index is 15.1. The van der Waals surface area contributed by atoms with Gasteiger partial charge in [0, 0.05) is 29.9 Å². The second-order valence-corrected chi connectivity index (χ2v) is 29.7. The average molecular weight is 1240 g/mol. The maximum absolute atomic E-state index is 15.1. The number of ether oxygens (including phenoxy) is 2. The molecule has 4 rings (SSSR count). The van der Waals surface area contributed by atoms with Crippen LogP contribution in [-0.2, 0) is 66.8 Å². The molecule has 83 heavy (non-hydrogen) atoms. The summed E-state index contributed by atoms with van der Waals surface area (Å²) in [4.78, 5) is 118. The average Bonchev–Trinajstić information content (AvgIpc) is 3.94. The topological polar surface area (TPSA) is 327 Å². The van der Waals surface area contributed by atoms with Gasteiger partial charge >= 0.3 is 12.1 Å². The lowest BCUT2D eigenvalue weighted by atomic mass is 10.0. The number of carbonyl (C=O) groups is 8. The maximum Gasteiger partial charge on any atom is 0.408 e. The van der Waals surface area contributed by atoms with Crippen molar-refractivity contribution in [2.75, 3.05) is 13.2 Å². The van der Waals surface area contributed by atoms with Gasteiger partial charge in [-0.05, 0) is 96.8 Å². The number of rotatable bonds is 13. The lowest BCUT2D eigenvalue weighted by Crippen LogP contribution is -2.62. The number of carbonyl (C=O) groups excluding carboxylic acids is 8. The fourth-order valence-corrected chi connectivity index (χ4v) is 9.54. The van der Waals surface area contributed by atoms with Crippen molar-refractivity contribution < 1.29 is 67.6 Å². The first-order chi connectivity index (χ1) is 38.6. The highest BCUT2D eigenvalue weighted by Crippen LogP contribution is 2.38. The summed E-state index contributed by atoms with van der Waals surface area (Å²) in [6.45, 7) is 20.3. The summed E-state index contributed by atoms with van der Waals surface area (Å²) in [5.41, 5.74) is 0.163. The lowest BCUT2D eigenvalue weighted by molar-refractivity contribution is -0.159. The Labute approximate surface area is 495 Å². The van der Waals surface area contributed by atoms with Gasteiger partial charge in [0.2, 0.25) is 35.4 Å². The van der Waals surface area contributed by atoms with Crippen molar-refractivity contribution in [3.05, 3.63) is 106 Å². The predicted octanol–water partition coefficient (Wildman–Crippen LogP) is 3.39. The molecule has 25 heteroatoms. The van der Waals surface area contributed by atoms with E-state index in [1.165, 1.54) is 24.0 Å². The van der Waals surface area contributed by atoms with Crippen LogP contribution in [0.4, 0.5) is 4.79 Å². The Morgan fingerprint density at radius 1 is 0.771 bits per heavy atom. The number of hydrogen-bond acceptors (Lipinski definition) is 15. The molecule has 2 aromatic carbocycles. The third-order valence-corrected chi connectivity index (χ3v) is 18.3. The van der Waals surface area contributed by atoms with Gasteiger partial charge in [-0.25, -0.2) is 14.6 Å². The van der Waals surface area contributed by atoms with Crippen molar-refractivity contribution in [3.63, 3.8) is 0 Å². The van der Waals surface area contributed by atoms with E-state index in [0.29, 0.717) is 11.1 Å². The zero-order valence-corrected chi connectivity index (χ0v) is 52.2. The smallest absolute Gasteiger partial charge is 0.408 e. The van der Waals surface area contributed by atoms with Crippen LogP contribution in [0.2, 0.25) is 18.1 Å². The molecule has 10 N–H and O–H groups in total. The third kappa shape index (κ3) is 22.7. The number of alkyl carbamates (subject to hydrolysis) is 1. The first-order valence-corrected chi connectivity index (χ1v) is 31.0. The summed E-state index contributed by atoms with van der Waals surface area (Å²) in [6.07, 6.45) is 3.26. The Bertz CT molecular complexity index is 2790. The Balaban J connectivity index is 1.93. The van der Waals surface area contributed by atoms with Crippen LogP contribution in [-0.4, -0.2) is 160 Å². The van der Waals surface area contributed by atoms with Crippen LogP contribution in [0.15, 0.2) is 89.3 Å². The van der Waals surface area contributed by atoms with Crippen LogP contribution >= 0.6 is 15.9 Å². The number of benzene rings is 2. The Morgan fingerprint density at radius 3 is 1.93 bits per heavy atom. The number of fused-ring (bicyclic) bond motifs is 2. The van der Waals surface area contributed by atoms with E-state index >= 15 is 4.79 Å². The molecule has 0 saturated heterocycles. The van der Waals surface area contributed by atoms with Crippen molar-refractivity contribution in [2.24, 2.45) is 0 Å². The van der Waals surface area contributed by atoms with Gasteiger partial charge in [-0.15, -0.1) is 0 Å². The van der Waals surface area contributed by atoms with E-state index < -0.39 is 146 Å². The highest BCUT2D eigenvalue weighted by atomic mass is 79.9. The van der Waals surface area contributed by atoms with Crippen LogP contribution < -0.4 is 37.2 Å². The number of imidazole rings is 1. The van der Waals surface area contributed by atoms with E-state index in [0.717, 1.165) is 10.0 Å². The van der Waals surface area contributed by atoms with E-state index in [9.17, 15) is 48.9 Å². The number of allylic oxidation sites excluding steroid dienone is 2. The lowest BCUT2D eigenvalue weighted by Gasteiger charge is -2.41. The number of aromatic nitrogens is 2. The minimum Gasteiger partial charge on any atom is -0.458 e. The molecule has 0 saturated carbocycles. The fourth-order valence-electron chi connectivity index (χ4n) is 8.01. The Kier molecular flexibility index (Phi) is 25.0. The van der Waals surface area contributed by atoms with E-state index in [4.69, 9.17) is 13.9 Å². The number of halogens is 1. The molecule has 23 nitrogen and oxygen atoms in total. The SMILES string of the molecule is CC(/C=C/c1ccc(Br)cc1)=C\[C@H](O[Si](C)(C)C(C)(C)C)[C@@H]1CC(=O)N[C@@H](CO)C(=O)N[C@@H](C(=O)OC(C)(C)C)Cn2cnc(c2)C[C@H](NC(=O)OC(C)(C)C)C(=O)N[C@@H]([C@H](C)O)C(=O)N[C@@H](CO)C(=O)N[C@@H](Cc2ccccc2)C(=O)N1. The van der Waals surface area contributed by atoms with E-state index in [1.807, 2.05) is 77.2 Å². The second-order valence-electron chi connectivity index (χ2n) is 24.0. The van der Waals surface area contributed by atoms with Crippen LogP contribution in [0.25, 0.3) is 6.08 Å². The molecule has 0 spiro atoms. The molecule has 3 aromatic rings. The van der Waals surface area contributed by atoms with Gasteiger partial charge in [-0.1, -0.05) is 103 Å². The van der Waals surface area contributed by atoms with Crippen LogP contribution in [0.5, 0.6) is 0 Å². The quantitative estimate of drug-likeness (QED) is 0.0666. The molecule has 2 bridgehead atoms. The number of aliphatic hydroxyl groups excluding tert-OH is 3. The molecular weight excluding hydrogens is 1150 g/mol. The van der Waals surface area contributed by atoms with Gasteiger partial charge in [0.1, 0.15) is 47.5 Å². The molecule has 1 aliphatic heterocycles. The molecule has 1 aromatic heterocycles. The Morgan fingerprint density at radius 2 is 1.35 bits per heavy atom. The minimum atomic E-state index is -2.84. The van der Waals surface area contributed by atoms with Gasteiger partial charge in [0.05, 0.1) is 50.0 Å². The largest absolute Gasteiger partial charge is 0.458 e. The molecule has 2 heterocycles. The summed E-state index contributed by atoms with van der Waals surface area (Å²) in [7, 11) is -2.84. The summed E-state index contributed by atoms with van der Waals surface area (Å²) in [5.74, 6) is -6.80. The van der Waals surface area contributed by atoms with Gasteiger partial charge in [0.25, 0.3) is 0 Å². The zero-order chi connectivity index (χ0) is 62.2. The first kappa shape index (κ1) is 68.7. The summed E-state index contributed by atoms with van der Waals surface area (Å²) in [6, 6.07) is 5.09. The molecule has 0 aliphatic carbocycles. The highest BCUT2D eigenvalue weighted by Gasteiger charge is 2.42. The number of esters is 1. The third-order valence-electron chi connectivity index (χ3n) is 13.3. The van der Waals surface area contributed by atoms with Gasteiger partial charge in [-0.3, -0.25) is 28.8 Å². The number of amides is 7. The van der Waals surface area contributed by atoms with E-state index in [1.54, 1.807) is 78.0 Å². The van der Waals surface area contributed by atoms with Crippen molar-refractivity contribution in [1.29, 1.82) is 0 Å². The molecule has 7 amide bonds. The predicted molar refractivity (Wildman–Crippen MR) is 316 cm³/mol. The molecule has 456 valence electrons. The number of nitrogens with zero attached hydrogens (tertiary/aromatic N) is 2. The van der Waals surface area contributed by atoms with Gasteiger partial charge in [0.15, 0.2) is 8.32 Å². The summed E-state index contributed by atoms with van der Waals surface area (Å²) < 4.78 is 20.4. The van der Waals surface area contributed by atoms with Crippen LogP contribution in [0.3, 0.4) is 0 Å². The van der Waals surface area contributed by atoms with E-state index in [2.05, 4.69) is 58.1 Å².